The molecule has 0 spiro atoms. The molecule has 146 valence electrons. The number of benzene rings is 3. The summed E-state index contributed by atoms with van der Waals surface area (Å²) in [5.41, 5.74) is 2.66. The van der Waals surface area contributed by atoms with Crippen molar-refractivity contribution in [3.8, 4) is 5.75 Å². The van der Waals surface area contributed by atoms with E-state index >= 15 is 0 Å². The van der Waals surface area contributed by atoms with Crippen LogP contribution in [0.3, 0.4) is 0 Å². The molecule has 0 heterocycles. The van der Waals surface area contributed by atoms with E-state index in [2.05, 4.69) is 10.6 Å². The Labute approximate surface area is 169 Å². The topological polar surface area (TPSA) is 67.4 Å². The van der Waals surface area contributed by atoms with Crippen molar-refractivity contribution in [2.75, 3.05) is 5.32 Å². The van der Waals surface area contributed by atoms with Crippen molar-refractivity contribution in [2.24, 2.45) is 0 Å². The van der Waals surface area contributed by atoms with Gasteiger partial charge in [0.1, 0.15) is 12.4 Å². The van der Waals surface area contributed by atoms with Crippen molar-refractivity contribution in [1.82, 2.24) is 5.32 Å². The van der Waals surface area contributed by atoms with Crippen molar-refractivity contribution in [3.63, 3.8) is 0 Å². The molecule has 5 nitrogen and oxygen atoms in total. The molecule has 5 heteroatoms. The minimum absolute atomic E-state index is 0.111. The molecule has 0 saturated heterocycles. The molecule has 29 heavy (non-hydrogen) atoms. The zero-order chi connectivity index (χ0) is 20.1. The Kier molecular flexibility index (Phi) is 5.56. The average molecular weight is 386 g/mol. The molecule has 3 aromatic carbocycles. The minimum Gasteiger partial charge on any atom is -0.489 e. The first-order chi connectivity index (χ1) is 14.2. The van der Waals surface area contributed by atoms with Crippen molar-refractivity contribution < 1.29 is 14.3 Å². The lowest BCUT2D eigenvalue weighted by atomic mass is 10.1. The van der Waals surface area contributed by atoms with Crippen LogP contribution >= 0.6 is 0 Å². The second-order valence-electron chi connectivity index (χ2n) is 7.08. The number of hydrogen-bond donors (Lipinski definition) is 2. The lowest BCUT2D eigenvalue weighted by molar-refractivity contribution is 0.0949. The van der Waals surface area contributed by atoms with Gasteiger partial charge < -0.3 is 15.4 Å². The van der Waals surface area contributed by atoms with Gasteiger partial charge in [0.25, 0.3) is 11.8 Å². The summed E-state index contributed by atoms with van der Waals surface area (Å²) in [6, 6.07) is 24.1. The number of hydrogen-bond acceptors (Lipinski definition) is 3. The van der Waals surface area contributed by atoms with Gasteiger partial charge in [0.15, 0.2) is 0 Å². The molecule has 4 rings (SSSR count). The maximum absolute atomic E-state index is 12.6. The Morgan fingerprint density at radius 3 is 2.31 bits per heavy atom. The second-order valence-corrected chi connectivity index (χ2v) is 7.08. The molecule has 0 radical (unpaired) electrons. The average Bonchev–Trinajstić information content (AvgIpc) is 3.57. The summed E-state index contributed by atoms with van der Waals surface area (Å²) in [6.07, 6.45) is 2.07. The van der Waals surface area contributed by atoms with Gasteiger partial charge in [0.2, 0.25) is 0 Å². The molecule has 3 aromatic rings. The van der Waals surface area contributed by atoms with Crippen molar-refractivity contribution in [3.05, 3.63) is 95.6 Å². The van der Waals surface area contributed by atoms with E-state index < -0.39 is 0 Å². The first-order valence-electron chi connectivity index (χ1n) is 9.66. The predicted octanol–water partition coefficient (Wildman–Crippen LogP) is 4.41. The first-order valence-corrected chi connectivity index (χ1v) is 9.66. The number of carbonyl (C=O) groups is 2. The first kappa shape index (κ1) is 18.7. The fourth-order valence-electron chi connectivity index (χ4n) is 2.91. The lowest BCUT2D eigenvalue weighted by Crippen LogP contribution is -2.25. The Balaban J connectivity index is 1.40. The van der Waals surface area contributed by atoms with Crippen LogP contribution in [0, 0.1) is 0 Å². The van der Waals surface area contributed by atoms with Gasteiger partial charge >= 0.3 is 0 Å². The molecule has 1 saturated carbocycles. The highest BCUT2D eigenvalue weighted by atomic mass is 16.5. The van der Waals surface area contributed by atoms with Crippen LogP contribution in [0.25, 0.3) is 0 Å². The molecule has 1 aliphatic rings. The lowest BCUT2D eigenvalue weighted by Gasteiger charge is -2.10. The number of anilines is 1. The van der Waals surface area contributed by atoms with E-state index in [-0.39, 0.29) is 11.8 Å². The third-order valence-corrected chi connectivity index (χ3v) is 4.64. The Bertz CT molecular complexity index is 1010. The molecule has 0 unspecified atom stereocenters. The molecule has 0 aliphatic heterocycles. The molecule has 2 N–H and O–H groups in total. The number of ether oxygens (including phenoxy) is 1. The highest BCUT2D eigenvalue weighted by molar-refractivity contribution is 6.05. The third-order valence-electron chi connectivity index (χ3n) is 4.64. The van der Waals surface area contributed by atoms with Gasteiger partial charge in [0, 0.05) is 22.9 Å². The van der Waals surface area contributed by atoms with Crippen LogP contribution in [0.15, 0.2) is 78.9 Å². The zero-order valence-corrected chi connectivity index (χ0v) is 15.9. The fourth-order valence-corrected chi connectivity index (χ4v) is 2.91. The normalized spacial score (nSPS) is 12.8. The van der Waals surface area contributed by atoms with Gasteiger partial charge in [-0.2, -0.15) is 0 Å². The fraction of sp³-hybridized carbons (Fsp3) is 0.167. The van der Waals surface area contributed by atoms with Crippen molar-refractivity contribution in [1.29, 1.82) is 0 Å². The Hall–Kier alpha value is -3.60. The van der Waals surface area contributed by atoms with Crippen LogP contribution in [0.1, 0.15) is 39.1 Å². The van der Waals surface area contributed by atoms with Gasteiger partial charge in [-0.05, 0) is 54.8 Å². The SMILES string of the molecule is O=C(Nc1cccc(C(=O)NC2CC2)c1)c1cccc(OCc2ccccc2)c1. The molecule has 1 fully saturated rings. The van der Waals surface area contributed by atoms with Crippen LogP contribution in [-0.4, -0.2) is 17.9 Å². The van der Waals surface area contributed by atoms with E-state index in [0.29, 0.717) is 35.2 Å². The predicted molar refractivity (Wildman–Crippen MR) is 112 cm³/mol. The zero-order valence-electron chi connectivity index (χ0n) is 15.9. The van der Waals surface area contributed by atoms with Crippen LogP contribution in [0.2, 0.25) is 0 Å². The van der Waals surface area contributed by atoms with Crippen LogP contribution in [-0.2, 0) is 6.61 Å². The summed E-state index contributed by atoms with van der Waals surface area (Å²) in [7, 11) is 0. The second kappa shape index (κ2) is 8.61. The van der Waals surface area contributed by atoms with Gasteiger partial charge in [0.05, 0.1) is 0 Å². The van der Waals surface area contributed by atoms with Gasteiger partial charge in [-0.1, -0.05) is 42.5 Å². The summed E-state index contributed by atoms with van der Waals surface area (Å²) >= 11 is 0. The summed E-state index contributed by atoms with van der Waals surface area (Å²) in [5.74, 6) is 0.258. The molecule has 1 aliphatic carbocycles. The van der Waals surface area contributed by atoms with Gasteiger partial charge in [-0.25, -0.2) is 0 Å². The highest BCUT2D eigenvalue weighted by Gasteiger charge is 2.23. The van der Waals surface area contributed by atoms with Crippen LogP contribution in [0.4, 0.5) is 5.69 Å². The monoisotopic (exact) mass is 386 g/mol. The van der Waals surface area contributed by atoms with E-state index in [9.17, 15) is 9.59 Å². The number of nitrogens with one attached hydrogen (secondary N) is 2. The Morgan fingerprint density at radius 2 is 1.55 bits per heavy atom. The smallest absolute Gasteiger partial charge is 0.255 e. The summed E-state index contributed by atoms with van der Waals surface area (Å²) in [5, 5.41) is 5.80. The number of amides is 2. The van der Waals surface area contributed by atoms with E-state index in [1.54, 1.807) is 42.5 Å². The largest absolute Gasteiger partial charge is 0.489 e. The van der Waals surface area contributed by atoms with E-state index in [1.807, 2.05) is 36.4 Å². The van der Waals surface area contributed by atoms with Crippen molar-refractivity contribution in [2.45, 2.75) is 25.5 Å². The van der Waals surface area contributed by atoms with Crippen LogP contribution in [0.5, 0.6) is 5.75 Å². The molecule has 0 aromatic heterocycles. The van der Waals surface area contributed by atoms with E-state index in [1.165, 1.54) is 0 Å². The standard InChI is InChI=1S/C24H22N2O3/c27-23(25-20-12-13-20)18-8-4-10-21(14-18)26-24(28)19-9-5-11-22(15-19)29-16-17-6-2-1-3-7-17/h1-11,14-15,20H,12-13,16H2,(H,25,27)(H,26,28). The maximum atomic E-state index is 12.6. The summed E-state index contributed by atoms with van der Waals surface area (Å²) < 4.78 is 5.79. The van der Waals surface area contributed by atoms with Crippen LogP contribution < -0.4 is 15.4 Å². The van der Waals surface area contributed by atoms with Gasteiger partial charge in [-0.15, -0.1) is 0 Å². The van der Waals surface area contributed by atoms with Crippen molar-refractivity contribution >= 4 is 17.5 Å². The van der Waals surface area contributed by atoms with E-state index in [4.69, 9.17) is 4.74 Å². The Morgan fingerprint density at radius 1 is 0.828 bits per heavy atom. The summed E-state index contributed by atoms with van der Waals surface area (Å²) in [4.78, 5) is 24.8. The molecule has 2 amide bonds. The highest BCUT2D eigenvalue weighted by Crippen LogP contribution is 2.21. The van der Waals surface area contributed by atoms with Gasteiger partial charge in [-0.3, -0.25) is 9.59 Å². The molecular weight excluding hydrogens is 364 g/mol. The molecule has 0 atom stereocenters. The van der Waals surface area contributed by atoms with E-state index in [0.717, 1.165) is 18.4 Å². The summed E-state index contributed by atoms with van der Waals surface area (Å²) in [6.45, 7) is 0.435. The third kappa shape index (κ3) is 5.23. The molecule has 0 bridgehead atoms. The maximum Gasteiger partial charge on any atom is 0.255 e. The minimum atomic E-state index is -0.255. The number of carbonyl (C=O) groups excluding carboxylic acids is 2. The number of rotatable bonds is 7. The molecular formula is C24H22N2O3. The quantitative estimate of drug-likeness (QED) is 0.632.